The first-order valence-corrected chi connectivity index (χ1v) is 8.14. The maximum atomic E-state index is 11.4. The molecular formula is C16H23BrN2O. The molecule has 1 aliphatic rings. The molecule has 0 radical (unpaired) electrons. The number of fused-ring (bicyclic) bond motifs is 1. The quantitative estimate of drug-likeness (QED) is 0.810. The molecule has 0 bridgehead atoms. The van der Waals surface area contributed by atoms with Crippen LogP contribution >= 0.6 is 15.9 Å². The third-order valence-electron chi connectivity index (χ3n) is 3.78. The van der Waals surface area contributed by atoms with Crippen LogP contribution in [0.4, 0.5) is 0 Å². The minimum absolute atomic E-state index is 0.0648. The molecule has 1 aromatic carbocycles. The zero-order chi connectivity index (χ0) is 14.5. The number of aryl methyl sites for hydroxylation is 1. The fourth-order valence-corrected chi connectivity index (χ4v) is 2.97. The summed E-state index contributed by atoms with van der Waals surface area (Å²) in [7, 11) is 0. The Morgan fingerprint density at radius 1 is 1.35 bits per heavy atom. The number of halogens is 1. The van der Waals surface area contributed by atoms with E-state index in [1.807, 2.05) is 13.8 Å². The molecular weight excluding hydrogens is 316 g/mol. The summed E-state index contributed by atoms with van der Waals surface area (Å²) in [5.74, 6) is 0.195. The predicted molar refractivity (Wildman–Crippen MR) is 85.8 cm³/mol. The lowest BCUT2D eigenvalue weighted by atomic mass is 9.88. The minimum atomic E-state index is 0.0648. The summed E-state index contributed by atoms with van der Waals surface area (Å²) in [4.78, 5) is 11.4. The first-order chi connectivity index (χ1) is 9.56. The normalized spacial score (nSPS) is 17.9. The zero-order valence-electron chi connectivity index (χ0n) is 12.2. The smallest absolute Gasteiger partial charge is 0.222 e. The van der Waals surface area contributed by atoms with E-state index in [2.05, 4.69) is 44.8 Å². The zero-order valence-corrected chi connectivity index (χ0v) is 13.8. The van der Waals surface area contributed by atoms with Crippen LogP contribution in [0.3, 0.4) is 0 Å². The molecule has 1 amide bonds. The number of carbonyl (C=O) groups is 1. The SMILES string of the molecule is CC(C)C(=O)NCCNC1CCc2cc(Br)ccc2C1. The standard InChI is InChI=1S/C16H23BrN2O/c1-11(2)16(20)19-8-7-18-15-6-4-12-9-14(17)5-3-13(12)10-15/h3,5,9,11,15,18H,4,6-8,10H2,1-2H3,(H,19,20). The van der Waals surface area contributed by atoms with Crippen molar-refractivity contribution in [3.8, 4) is 0 Å². The Morgan fingerprint density at radius 2 is 2.15 bits per heavy atom. The van der Waals surface area contributed by atoms with Gasteiger partial charge in [-0.25, -0.2) is 0 Å². The van der Waals surface area contributed by atoms with Crippen molar-refractivity contribution in [3.05, 3.63) is 33.8 Å². The van der Waals surface area contributed by atoms with Gasteiger partial charge in [-0.15, -0.1) is 0 Å². The number of nitrogens with one attached hydrogen (secondary N) is 2. The number of hydrogen-bond acceptors (Lipinski definition) is 2. The van der Waals surface area contributed by atoms with E-state index in [9.17, 15) is 4.79 Å². The summed E-state index contributed by atoms with van der Waals surface area (Å²) in [6.07, 6.45) is 3.38. The summed E-state index contributed by atoms with van der Waals surface area (Å²) >= 11 is 3.53. The van der Waals surface area contributed by atoms with Crippen molar-refractivity contribution in [2.45, 2.75) is 39.2 Å². The van der Waals surface area contributed by atoms with E-state index in [0.717, 1.165) is 19.4 Å². The Kier molecular flexibility index (Phi) is 5.61. The summed E-state index contributed by atoms with van der Waals surface area (Å²) in [6, 6.07) is 7.09. The Labute approximate surface area is 129 Å². The fourth-order valence-electron chi connectivity index (χ4n) is 2.56. The maximum Gasteiger partial charge on any atom is 0.222 e. The van der Waals surface area contributed by atoms with Crippen LogP contribution in [-0.2, 0) is 17.6 Å². The van der Waals surface area contributed by atoms with Crippen molar-refractivity contribution in [2.75, 3.05) is 13.1 Å². The molecule has 1 unspecified atom stereocenters. The van der Waals surface area contributed by atoms with Crippen molar-refractivity contribution in [1.29, 1.82) is 0 Å². The van der Waals surface area contributed by atoms with Crippen molar-refractivity contribution < 1.29 is 4.79 Å². The fraction of sp³-hybridized carbons (Fsp3) is 0.562. The van der Waals surface area contributed by atoms with Crippen molar-refractivity contribution in [1.82, 2.24) is 10.6 Å². The minimum Gasteiger partial charge on any atom is -0.355 e. The van der Waals surface area contributed by atoms with E-state index >= 15 is 0 Å². The van der Waals surface area contributed by atoms with E-state index in [0.29, 0.717) is 12.6 Å². The number of hydrogen-bond donors (Lipinski definition) is 2. The lowest BCUT2D eigenvalue weighted by Crippen LogP contribution is -2.40. The number of rotatable bonds is 5. The second kappa shape index (κ2) is 7.23. The van der Waals surface area contributed by atoms with Gasteiger partial charge >= 0.3 is 0 Å². The van der Waals surface area contributed by atoms with E-state index in [1.165, 1.54) is 22.0 Å². The highest BCUT2D eigenvalue weighted by molar-refractivity contribution is 9.10. The van der Waals surface area contributed by atoms with Gasteiger partial charge in [0.1, 0.15) is 0 Å². The number of benzene rings is 1. The molecule has 0 saturated carbocycles. The molecule has 0 spiro atoms. The van der Waals surface area contributed by atoms with Gasteiger partial charge in [0.15, 0.2) is 0 Å². The van der Waals surface area contributed by atoms with Crippen LogP contribution in [0.25, 0.3) is 0 Å². The van der Waals surface area contributed by atoms with Gasteiger partial charge in [0.05, 0.1) is 0 Å². The Bertz CT molecular complexity index is 474. The van der Waals surface area contributed by atoms with Gasteiger partial charge < -0.3 is 10.6 Å². The lowest BCUT2D eigenvalue weighted by Gasteiger charge is -2.26. The summed E-state index contributed by atoms with van der Waals surface area (Å²) in [5, 5.41) is 6.49. The molecule has 3 nitrogen and oxygen atoms in total. The molecule has 1 aromatic rings. The molecule has 4 heteroatoms. The largest absolute Gasteiger partial charge is 0.355 e. The molecule has 2 N–H and O–H groups in total. The first kappa shape index (κ1) is 15.5. The average Bonchev–Trinajstić information content (AvgIpc) is 2.43. The van der Waals surface area contributed by atoms with Crippen LogP contribution in [-0.4, -0.2) is 25.0 Å². The van der Waals surface area contributed by atoms with Gasteiger partial charge in [-0.3, -0.25) is 4.79 Å². The molecule has 2 rings (SSSR count). The van der Waals surface area contributed by atoms with Crippen molar-refractivity contribution in [3.63, 3.8) is 0 Å². The molecule has 0 aromatic heterocycles. The highest BCUT2D eigenvalue weighted by Crippen LogP contribution is 2.24. The van der Waals surface area contributed by atoms with E-state index in [4.69, 9.17) is 0 Å². The third kappa shape index (κ3) is 4.32. The van der Waals surface area contributed by atoms with Gasteiger partial charge in [0, 0.05) is 29.5 Å². The summed E-state index contributed by atoms with van der Waals surface area (Å²) in [5.41, 5.74) is 2.91. The first-order valence-electron chi connectivity index (χ1n) is 7.34. The van der Waals surface area contributed by atoms with Gasteiger partial charge in [0.2, 0.25) is 5.91 Å². The summed E-state index contributed by atoms with van der Waals surface area (Å²) < 4.78 is 1.17. The molecule has 1 atom stereocenters. The molecule has 0 aliphatic heterocycles. The predicted octanol–water partition coefficient (Wildman–Crippen LogP) is 2.67. The van der Waals surface area contributed by atoms with E-state index in [1.54, 1.807) is 0 Å². The molecule has 0 fully saturated rings. The molecule has 20 heavy (non-hydrogen) atoms. The lowest BCUT2D eigenvalue weighted by molar-refractivity contribution is -0.123. The topological polar surface area (TPSA) is 41.1 Å². The molecule has 0 saturated heterocycles. The van der Waals surface area contributed by atoms with Crippen molar-refractivity contribution >= 4 is 21.8 Å². The van der Waals surface area contributed by atoms with Gasteiger partial charge in [0.25, 0.3) is 0 Å². The van der Waals surface area contributed by atoms with Crippen LogP contribution in [0.15, 0.2) is 22.7 Å². The average molecular weight is 339 g/mol. The van der Waals surface area contributed by atoms with Crippen LogP contribution in [0.1, 0.15) is 31.4 Å². The van der Waals surface area contributed by atoms with Crippen LogP contribution in [0.5, 0.6) is 0 Å². The van der Waals surface area contributed by atoms with E-state index < -0.39 is 0 Å². The highest BCUT2D eigenvalue weighted by atomic mass is 79.9. The summed E-state index contributed by atoms with van der Waals surface area (Å²) in [6.45, 7) is 5.38. The van der Waals surface area contributed by atoms with Crippen LogP contribution in [0.2, 0.25) is 0 Å². The molecule has 1 aliphatic carbocycles. The molecule has 110 valence electrons. The second-order valence-corrected chi connectivity index (χ2v) is 6.67. The number of carbonyl (C=O) groups excluding carboxylic acids is 1. The van der Waals surface area contributed by atoms with Crippen LogP contribution < -0.4 is 10.6 Å². The molecule has 0 heterocycles. The highest BCUT2D eigenvalue weighted by Gasteiger charge is 2.18. The van der Waals surface area contributed by atoms with Gasteiger partial charge in [-0.1, -0.05) is 35.8 Å². The van der Waals surface area contributed by atoms with Gasteiger partial charge in [-0.2, -0.15) is 0 Å². The van der Waals surface area contributed by atoms with Gasteiger partial charge in [-0.05, 0) is 42.5 Å². The van der Waals surface area contributed by atoms with E-state index in [-0.39, 0.29) is 11.8 Å². The second-order valence-electron chi connectivity index (χ2n) is 5.75. The third-order valence-corrected chi connectivity index (χ3v) is 4.27. The maximum absolute atomic E-state index is 11.4. The Balaban J connectivity index is 1.74. The monoisotopic (exact) mass is 338 g/mol. The van der Waals surface area contributed by atoms with Crippen molar-refractivity contribution in [2.24, 2.45) is 5.92 Å². The number of amides is 1. The Hall–Kier alpha value is -0.870. The Morgan fingerprint density at radius 3 is 2.90 bits per heavy atom. The van der Waals surface area contributed by atoms with Crippen LogP contribution in [0, 0.1) is 5.92 Å².